The molecule has 1 fully saturated rings. The van der Waals surface area contributed by atoms with Gasteiger partial charge in [0.25, 0.3) is 0 Å². The third-order valence-electron chi connectivity index (χ3n) is 5.09. The van der Waals surface area contributed by atoms with Crippen molar-refractivity contribution < 1.29 is 26.7 Å². The molecule has 0 spiro atoms. The van der Waals surface area contributed by atoms with Crippen LogP contribution in [0.4, 0.5) is 13.9 Å². The zero-order chi connectivity index (χ0) is 22.7. The molecule has 3 aromatic rings. The lowest BCUT2D eigenvalue weighted by molar-refractivity contribution is -0.116. The van der Waals surface area contributed by atoms with Crippen LogP contribution >= 0.6 is 11.3 Å². The van der Waals surface area contributed by atoms with Gasteiger partial charge >= 0.3 is 0 Å². The van der Waals surface area contributed by atoms with E-state index in [1.807, 2.05) is 0 Å². The summed E-state index contributed by atoms with van der Waals surface area (Å²) in [4.78, 5) is 20.7. The van der Waals surface area contributed by atoms with Gasteiger partial charge in [0, 0.05) is 32.2 Å². The van der Waals surface area contributed by atoms with E-state index in [4.69, 9.17) is 4.74 Å². The van der Waals surface area contributed by atoms with Crippen molar-refractivity contribution in [3.05, 3.63) is 54.1 Å². The van der Waals surface area contributed by atoms with Gasteiger partial charge in [0.2, 0.25) is 5.91 Å². The van der Waals surface area contributed by atoms with Crippen LogP contribution in [-0.2, 0) is 19.4 Å². The number of anilines is 1. The number of halogens is 2. The van der Waals surface area contributed by atoms with Crippen LogP contribution in [0.2, 0.25) is 0 Å². The van der Waals surface area contributed by atoms with E-state index in [0.29, 0.717) is 32.8 Å². The highest BCUT2D eigenvalue weighted by atomic mass is 32.2. The number of sulfone groups is 1. The topological polar surface area (TPSA) is 79.8 Å². The first-order chi connectivity index (χ1) is 15.3. The van der Waals surface area contributed by atoms with E-state index in [1.54, 1.807) is 18.2 Å². The van der Waals surface area contributed by atoms with Crippen LogP contribution in [0, 0.1) is 11.6 Å². The van der Waals surface area contributed by atoms with Crippen molar-refractivity contribution in [2.24, 2.45) is 0 Å². The maximum atomic E-state index is 14.2. The van der Waals surface area contributed by atoms with Crippen molar-refractivity contribution in [3.63, 3.8) is 0 Å². The Bertz CT molecular complexity index is 1210. The number of nitrogens with zero attached hydrogens (tertiary/aromatic N) is 3. The van der Waals surface area contributed by atoms with Crippen molar-refractivity contribution in [1.29, 1.82) is 0 Å². The smallest absolute Gasteiger partial charge is 0.244 e. The number of morpholine rings is 1. The second-order valence-corrected chi connectivity index (χ2v) is 10.3. The maximum Gasteiger partial charge on any atom is 0.244 e. The molecule has 32 heavy (non-hydrogen) atoms. The minimum atomic E-state index is -3.88. The highest BCUT2D eigenvalue weighted by Gasteiger charge is 2.27. The van der Waals surface area contributed by atoms with Gasteiger partial charge in [-0.3, -0.25) is 14.6 Å². The average Bonchev–Trinajstić information content (AvgIpc) is 3.19. The summed E-state index contributed by atoms with van der Waals surface area (Å²) in [5.41, 5.74) is -0.0542. The molecule has 170 valence electrons. The lowest BCUT2D eigenvalue weighted by atomic mass is 10.3. The maximum absolute atomic E-state index is 14.2. The fourth-order valence-corrected chi connectivity index (χ4v) is 5.67. The molecule has 7 nitrogen and oxygen atoms in total. The number of amides is 1. The van der Waals surface area contributed by atoms with Crippen molar-refractivity contribution in [3.8, 4) is 0 Å². The Morgan fingerprint density at radius 1 is 1.16 bits per heavy atom. The van der Waals surface area contributed by atoms with Crippen molar-refractivity contribution in [2.45, 2.75) is 4.90 Å². The molecule has 0 unspecified atom stereocenters. The minimum Gasteiger partial charge on any atom is -0.379 e. The monoisotopic (exact) mass is 481 g/mol. The molecule has 0 aliphatic carbocycles. The number of carbonyl (C=O) groups is 1. The van der Waals surface area contributed by atoms with E-state index < -0.39 is 33.1 Å². The Kier molecular flexibility index (Phi) is 6.79. The van der Waals surface area contributed by atoms with Crippen LogP contribution in [0.5, 0.6) is 0 Å². The van der Waals surface area contributed by atoms with Crippen LogP contribution in [0.3, 0.4) is 0 Å². The Labute approximate surface area is 188 Å². The molecule has 0 bridgehead atoms. The highest BCUT2D eigenvalue weighted by molar-refractivity contribution is 7.92. The number of aromatic nitrogens is 1. The Balaban J connectivity index is 1.62. The third-order valence-corrected chi connectivity index (χ3v) is 7.74. The van der Waals surface area contributed by atoms with E-state index in [1.165, 1.54) is 17.0 Å². The first-order valence-corrected chi connectivity index (χ1v) is 12.4. The molecular weight excluding hydrogens is 460 g/mol. The number of thiazole rings is 1. The molecule has 0 atom stereocenters. The van der Waals surface area contributed by atoms with Crippen LogP contribution in [0.15, 0.2) is 47.4 Å². The molecule has 1 aliphatic rings. The minimum absolute atomic E-state index is 0.0406. The molecule has 0 radical (unpaired) electrons. The number of hydrogen-bond acceptors (Lipinski definition) is 7. The quantitative estimate of drug-likeness (QED) is 0.516. The normalized spacial score (nSPS) is 15.2. The Hall–Kier alpha value is -2.47. The number of rotatable bonds is 7. The Morgan fingerprint density at radius 2 is 1.88 bits per heavy atom. The van der Waals surface area contributed by atoms with Crippen LogP contribution in [-0.4, -0.2) is 69.4 Å². The molecular formula is C21H21F2N3O4S2. The summed E-state index contributed by atoms with van der Waals surface area (Å²) in [6.07, 6.45) is 0. The molecule has 4 rings (SSSR count). The van der Waals surface area contributed by atoms with Gasteiger partial charge in [-0.15, -0.1) is 0 Å². The van der Waals surface area contributed by atoms with E-state index in [-0.39, 0.29) is 26.8 Å². The predicted molar refractivity (Wildman–Crippen MR) is 118 cm³/mol. The van der Waals surface area contributed by atoms with Gasteiger partial charge in [0.15, 0.2) is 20.8 Å². The summed E-state index contributed by atoms with van der Waals surface area (Å²) in [7, 11) is -3.88. The molecule has 1 aliphatic heterocycles. The van der Waals surface area contributed by atoms with Crippen LogP contribution < -0.4 is 4.90 Å². The van der Waals surface area contributed by atoms with Gasteiger partial charge in [0.05, 0.1) is 22.8 Å². The summed E-state index contributed by atoms with van der Waals surface area (Å²) in [6.45, 7) is 3.14. The number of hydrogen-bond donors (Lipinski definition) is 0. The predicted octanol–water partition coefficient (Wildman–Crippen LogP) is 2.71. The molecule has 11 heteroatoms. The van der Waals surface area contributed by atoms with Crippen molar-refractivity contribution >= 4 is 42.4 Å². The zero-order valence-electron chi connectivity index (χ0n) is 17.0. The van der Waals surface area contributed by atoms with Gasteiger partial charge in [-0.2, -0.15) is 0 Å². The standard InChI is InChI=1S/C21H21F2N3O4S2/c22-15-12-17(23)20-18(13-15)31-21(24-20)26(7-6-25-8-10-30-11-9-25)19(27)14-32(28,29)16-4-2-1-3-5-16/h1-5,12-13H,6-11,14H2. The van der Waals surface area contributed by atoms with Gasteiger partial charge in [0.1, 0.15) is 17.1 Å². The lowest BCUT2D eigenvalue weighted by Gasteiger charge is -2.29. The molecule has 2 heterocycles. The SMILES string of the molecule is O=C(CS(=O)(=O)c1ccccc1)N(CCN1CCOCC1)c1nc2c(F)cc(F)cc2s1. The van der Waals surface area contributed by atoms with Gasteiger partial charge in [-0.1, -0.05) is 29.5 Å². The fourth-order valence-electron chi connectivity index (χ4n) is 3.41. The van der Waals surface area contributed by atoms with E-state index >= 15 is 0 Å². The molecule has 2 aromatic carbocycles. The Morgan fingerprint density at radius 3 is 2.59 bits per heavy atom. The summed E-state index contributed by atoms with van der Waals surface area (Å²) in [5, 5.41) is 0.131. The van der Waals surface area contributed by atoms with Crippen LogP contribution in [0.1, 0.15) is 0 Å². The summed E-state index contributed by atoms with van der Waals surface area (Å²) < 4.78 is 58.9. The molecule has 1 saturated heterocycles. The molecule has 0 saturated carbocycles. The third kappa shape index (κ3) is 5.12. The van der Waals surface area contributed by atoms with Gasteiger partial charge in [-0.25, -0.2) is 22.2 Å². The second-order valence-electron chi connectivity index (χ2n) is 7.30. The summed E-state index contributed by atoms with van der Waals surface area (Å²) >= 11 is 0.946. The van der Waals surface area contributed by atoms with Gasteiger partial charge < -0.3 is 4.74 Å². The van der Waals surface area contributed by atoms with E-state index in [9.17, 15) is 22.0 Å². The lowest BCUT2D eigenvalue weighted by Crippen LogP contribution is -2.44. The second kappa shape index (κ2) is 9.57. The van der Waals surface area contributed by atoms with Crippen molar-refractivity contribution in [2.75, 3.05) is 50.0 Å². The summed E-state index contributed by atoms with van der Waals surface area (Å²) in [6, 6.07) is 9.57. The number of fused-ring (bicyclic) bond motifs is 1. The van der Waals surface area contributed by atoms with Gasteiger partial charge in [-0.05, 0) is 18.2 Å². The molecule has 0 N–H and O–H groups in total. The van der Waals surface area contributed by atoms with E-state index in [2.05, 4.69) is 9.88 Å². The fraction of sp³-hybridized carbons (Fsp3) is 0.333. The first kappa shape index (κ1) is 22.7. The number of benzene rings is 2. The highest BCUT2D eigenvalue weighted by Crippen LogP contribution is 2.31. The van der Waals surface area contributed by atoms with E-state index in [0.717, 1.165) is 23.5 Å². The first-order valence-electron chi connectivity index (χ1n) is 9.97. The molecule has 1 amide bonds. The zero-order valence-corrected chi connectivity index (χ0v) is 18.7. The number of carbonyl (C=O) groups excluding carboxylic acids is 1. The largest absolute Gasteiger partial charge is 0.379 e. The average molecular weight is 482 g/mol. The van der Waals surface area contributed by atoms with Crippen LogP contribution in [0.25, 0.3) is 10.2 Å². The van der Waals surface area contributed by atoms with Crippen molar-refractivity contribution in [1.82, 2.24) is 9.88 Å². The number of ether oxygens (including phenoxy) is 1. The molecule has 1 aromatic heterocycles. The summed E-state index contributed by atoms with van der Waals surface area (Å²) in [5.74, 6) is -3.02.